The van der Waals surface area contributed by atoms with Crippen LogP contribution in [-0.2, 0) is 7.05 Å². The van der Waals surface area contributed by atoms with Gasteiger partial charge >= 0.3 is 0 Å². The molecule has 0 spiro atoms. The van der Waals surface area contributed by atoms with Gasteiger partial charge in [0.1, 0.15) is 11.5 Å². The van der Waals surface area contributed by atoms with Crippen molar-refractivity contribution in [1.29, 1.82) is 0 Å². The molecule has 0 amide bonds. The molecule has 1 atom stereocenters. The number of hydrogen-bond acceptors (Lipinski definition) is 7. The highest BCUT2D eigenvalue weighted by Gasteiger charge is 2.14. The van der Waals surface area contributed by atoms with Crippen molar-refractivity contribution < 1.29 is 9.47 Å². The van der Waals surface area contributed by atoms with Gasteiger partial charge in [0.15, 0.2) is 0 Å². The maximum absolute atomic E-state index is 5.93. The van der Waals surface area contributed by atoms with Crippen LogP contribution in [0.15, 0.2) is 55.0 Å². The topological polar surface area (TPSA) is 77.3 Å². The first kappa shape index (κ1) is 27.7. The molecule has 0 aliphatic rings. The minimum Gasteiger partial charge on any atom is -0.497 e. The maximum atomic E-state index is 5.93. The van der Waals surface area contributed by atoms with E-state index in [9.17, 15) is 0 Å². The van der Waals surface area contributed by atoms with Crippen LogP contribution >= 0.6 is 11.6 Å². The average Bonchev–Trinajstić information content (AvgIpc) is 3.39. The number of nitrogens with zero attached hydrogens (tertiary/aromatic N) is 5. The van der Waals surface area contributed by atoms with Crippen molar-refractivity contribution in [3.05, 3.63) is 55.0 Å². The number of hydrogen-bond donors (Lipinski definition) is 1. The summed E-state index contributed by atoms with van der Waals surface area (Å²) < 4.78 is 12.9. The van der Waals surface area contributed by atoms with E-state index >= 15 is 0 Å². The summed E-state index contributed by atoms with van der Waals surface area (Å²) >= 11 is 5.93. The second-order valence-corrected chi connectivity index (χ2v) is 9.87. The van der Waals surface area contributed by atoms with Crippen molar-refractivity contribution in [2.45, 2.75) is 26.2 Å². The first-order valence-electron chi connectivity index (χ1n) is 13.0. The Bertz CT molecular complexity index is 1310. The van der Waals surface area contributed by atoms with E-state index in [4.69, 9.17) is 26.1 Å². The average molecular weight is 537 g/mol. The number of benzene rings is 2. The van der Waals surface area contributed by atoms with Gasteiger partial charge in [-0.2, -0.15) is 5.10 Å². The lowest BCUT2D eigenvalue weighted by Gasteiger charge is -2.26. The van der Waals surface area contributed by atoms with Crippen molar-refractivity contribution in [2.75, 3.05) is 44.6 Å². The van der Waals surface area contributed by atoms with Crippen LogP contribution in [0.4, 0.5) is 11.4 Å². The molecule has 202 valence electrons. The molecule has 0 aliphatic carbocycles. The Morgan fingerprint density at radius 3 is 2.42 bits per heavy atom. The molecular formula is C29H37ClN6O2. The minimum absolute atomic E-state index is 0.562. The number of anilines is 2. The molecule has 4 aromatic rings. The van der Waals surface area contributed by atoms with Crippen molar-refractivity contribution in [2.24, 2.45) is 13.0 Å². The first-order valence-corrected chi connectivity index (χ1v) is 13.6. The van der Waals surface area contributed by atoms with E-state index in [-0.39, 0.29) is 0 Å². The molecule has 0 saturated heterocycles. The molecular weight excluding hydrogens is 500 g/mol. The molecule has 2 aromatic carbocycles. The number of aryl methyl sites for hydroxylation is 1. The lowest BCUT2D eigenvalue weighted by atomic mass is 10.1. The molecule has 0 saturated carbocycles. The number of nitrogens with one attached hydrogen (secondary N) is 1. The maximum Gasteiger partial charge on any atom is 0.124 e. The number of methoxy groups -OCH3 is 2. The molecule has 8 nitrogen and oxygen atoms in total. The van der Waals surface area contributed by atoms with Gasteiger partial charge in [0, 0.05) is 60.8 Å². The van der Waals surface area contributed by atoms with Crippen molar-refractivity contribution in [1.82, 2.24) is 25.1 Å². The van der Waals surface area contributed by atoms with Crippen LogP contribution < -0.4 is 19.7 Å². The molecule has 2 heterocycles. The Morgan fingerprint density at radius 2 is 1.74 bits per heavy atom. The molecule has 0 unspecified atom stereocenters. The van der Waals surface area contributed by atoms with Gasteiger partial charge in [0.25, 0.3) is 0 Å². The summed E-state index contributed by atoms with van der Waals surface area (Å²) in [5.41, 5.74) is 5.43. The zero-order valence-corrected chi connectivity index (χ0v) is 23.4. The van der Waals surface area contributed by atoms with Gasteiger partial charge in [0.05, 0.1) is 43.3 Å². The van der Waals surface area contributed by atoms with Crippen LogP contribution in [0.3, 0.4) is 0 Å². The molecule has 9 heteroatoms. The predicted molar refractivity (Wildman–Crippen MR) is 155 cm³/mol. The van der Waals surface area contributed by atoms with E-state index in [0.29, 0.717) is 5.92 Å². The van der Waals surface area contributed by atoms with Crippen LogP contribution in [0.25, 0.3) is 22.3 Å². The van der Waals surface area contributed by atoms with Crippen LogP contribution in [0.1, 0.15) is 26.2 Å². The number of alkyl halides is 1. The van der Waals surface area contributed by atoms with Gasteiger partial charge in [-0.3, -0.25) is 9.67 Å². The molecule has 4 rings (SSSR count). The van der Waals surface area contributed by atoms with Crippen molar-refractivity contribution in [3.63, 3.8) is 0 Å². The normalized spacial score (nSPS) is 12.0. The van der Waals surface area contributed by atoms with Gasteiger partial charge in [-0.1, -0.05) is 6.92 Å². The highest BCUT2D eigenvalue weighted by Crippen LogP contribution is 2.34. The molecule has 38 heavy (non-hydrogen) atoms. The lowest BCUT2D eigenvalue weighted by Crippen LogP contribution is -2.24. The zero-order chi connectivity index (χ0) is 26.9. The predicted octanol–water partition coefficient (Wildman–Crippen LogP) is 5.82. The third-order valence-electron chi connectivity index (χ3n) is 6.54. The van der Waals surface area contributed by atoms with Gasteiger partial charge in [-0.15, -0.1) is 11.6 Å². The summed E-state index contributed by atoms with van der Waals surface area (Å²) in [6.45, 7) is 4.92. The fourth-order valence-electron chi connectivity index (χ4n) is 4.36. The Morgan fingerprint density at radius 1 is 0.974 bits per heavy atom. The van der Waals surface area contributed by atoms with Crippen molar-refractivity contribution in [3.8, 4) is 22.8 Å². The van der Waals surface area contributed by atoms with E-state index < -0.39 is 0 Å². The number of ether oxygens (including phenoxy) is 2. The van der Waals surface area contributed by atoms with E-state index in [1.54, 1.807) is 31.3 Å². The van der Waals surface area contributed by atoms with E-state index in [2.05, 4.69) is 39.4 Å². The molecule has 0 fully saturated rings. The van der Waals surface area contributed by atoms with E-state index in [0.717, 1.165) is 89.9 Å². The Balaban J connectivity index is 1.57. The summed E-state index contributed by atoms with van der Waals surface area (Å²) in [5, 5.41) is 7.85. The van der Waals surface area contributed by atoms with Crippen LogP contribution in [0.5, 0.6) is 11.5 Å². The lowest BCUT2D eigenvalue weighted by molar-refractivity contribution is 0.394. The Labute approximate surface area is 229 Å². The highest BCUT2D eigenvalue weighted by molar-refractivity contribution is 6.18. The smallest absolute Gasteiger partial charge is 0.124 e. The summed E-state index contributed by atoms with van der Waals surface area (Å²) in [6, 6.07) is 12.2. The number of fused-ring (bicyclic) bond motifs is 1. The monoisotopic (exact) mass is 536 g/mol. The number of rotatable bonds is 14. The number of aromatic nitrogens is 4. The second kappa shape index (κ2) is 13.4. The van der Waals surface area contributed by atoms with Crippen LogP contribution in [0, 0.1) is 5.92 Å². The molecule has 0 aliphatic heterocycles. The van der Waals surface area contributed by atoms with E-state index in [1.807, 2.05) is 37.5 Å². The van der Waals surface area contributed by atoms with Crippen molar-refractivity contribution >= 4 is 34.0 Å². The largest absolute Gasteiger partial charge is 0.497 e. The highest BCUT2D eigenvalue weighted by atomic mass is 35.5. The van der Waals surface area contributed by atoms with Gasteiger partial charge in [-0.05, 0) is 56.5 Å². The minimum atomic E-state index is 0.562. The standard InChI is InChI=1S/C29H37ClN6O2/c1-21(17-30)7-5-10-31-11-6-12-36(24-13-25(37-3)16-26(14-24)38-4)23-8-9-27-28(15-23)34-29(19-32-27)22-18-33-35(2)20-22/h8-9,13-16,18-21,31H,5-7,10-12,17H2,1-4H3/t21-/m0/s1. The van der Waals surface area contributed by atoms with Gasteiger partial charge in [0.2, 0.25) is 0 Å². The van der Waals surface area contributed by atoms with Gasteiger partial charge < -0.3 is 19.7 Å². The SMILES string of the molecule is COc1cc(OC)cc(N(CCCNCCC[C@H](C)CCl)c2ccc3ncc(-c4cnn(C)c4)nc3c2)c1. The Kier molecular flexibility index (Phi) is 9.79. The summed E-state index contributed by atoms with van der Waals surface area (Å²) in [4.78, 5) is 11.8. The quantitative estimate of drug-likeness (QED) is 0.161. The third-order valence-corrected chi connectivity index (χ3v) is 7.06. The fourth-order valence-corrected chi connectivity index (χ4v) is 4.51. The van der Waals surface area contributed by atoms with Crippen LogP contribution in [-0.4, -0.2) is 59.5 Å². The van der Waals surface area contributed by atoms with Crippen LogP contribution in [0.2, 0.25) is 0 Å². The zero-order valence-electron chi connectivity index (χ0n) is 22.7. The summed E-state index contributed by atoms with van der Waals surface area (Å²) in [6.07, 6.45) is 8.78. The summed E-state index contributed by atoms with van der Waals surface area (Å²) in [5.74, 6) is 2.77. The molecule has 0 bridgehead atoms. The first-order chi connectivity index (χ1) is 18.5. The molecule has 1 N–H and O–H groups in total. The molecule has 0 radical (unpaired) electrons. The third kappa shape index (κ3) is 7.14. The summed E-state index contributed by atoms with van der Waals surface area (Å²) in [7, 11) is 5.23. The Hall–Kier alpha value is -3.36. The second-order valence-electron chi connectivity index (χ2n) is 9.56. The van der Waals surface area contributed by atoms with E-state index in [1.165, 1.54) is 0 Å². The van der Waals surface area contributed by atoms with Gasteiger partial charge in [-0.25, -0.2) is 4.98 Å². The number of halogens is 1. The molecule has 2 aromatic heterocycles. The fraction of sp³-hybridized carbons (Fsp3) is 0.414.